The predicted octanol–water partition coefficient (Wildman–Crippen LogP) is 5.46. The highest BCUT2D eigenvalue weighted by molar-refractivity contribution is 5.93. The van der Waals surface area contributed by atoms with E-state index < -0.39 is 0 Å². The number of aryl methyl sites for hydroxylation is 4. The maximum Gasteiger partial charge on any atom is 0.224 e. The third-order valence-corrected chi connectivity index (χ3v) is 3.72. The third kappa shape index (κ3) is 5.73. The number of amides is 1. The molecule has 1 aliphatic rings. The topological polar surface area (TPSA) is 38.3 Å². The maximum atomic E-state index is 11.0. The van der Waals surface area contributed by atoms with E-state index in [1.807, 2.05) is 25.1 Å². The number of benzene rings is 2. The molecule has 2 aromatic rings. The molecule has 0 spiro atoms. The number of nitrogens with one attached hydrogen (secondary N) is 1. The number of hydrogen-bond donors (Lipinski definition) is 1. The molecule has 0 saturated heterocycles. The van der Waals surface area contributed by atoms with Crippen LogP contribution in [0.2, 0.25) is 0 Å². The molecule has 132 valence electrons. The van der Waals surface area contributed by atoms with E-state index in [0.717, 1.165) is 17.9 Å². The van der Waals surface area contributed by atoms with Crippen LogP contribution >= 0.6 is 0 Å². The summed E-state index contributed by atoms with van der Waals surface area (Å²) in [7, 11) is 1.70. The molecular formula is C21H31NO2. The van der Waals surface area contributed by atoms with Crippen molar-refractivity contribution in [1.82, 2.24) is 0 Å². The quantitative estimate of drug-likeness (QED) is 0.754. The molecule has 1 N–H and O–H groups in total. The van der Waals surface area contributed by atoms with Gasteiger partial charge in [0.2, 0.25) is 5.91 Å². The molecule has 2 aromatic carbocycles. The molecule has 1 heterocycles. The summed E-state index contributed by atoms with van der Waals surface area (Å²) in [5.41, 5.74) is 5.92. The van der Waals surface area contributed by atoms with Crippen LogP contribution in [0.1, 0.15) is 43.5 Å². The summed E-state index contributed by atoms with van der Waals surface area (Å²) >= 11 is 0. The van der Waals surface area contributed by atoms with Gasteiger partial charge in [-0.15, -0.1) is 0 Å². The van der Waals surface area contributed by atoms with Gasteiger partial charge in [-0.25, -0.2) is 0 Å². The number of carbonyl (C=O) groups is 1. The van der Waals surface area contributed by atoms with Gasteiger partial charge >= 0.3 is 0 Å². The average molecular weight is 329 g/mol. The van der Waals surface area contributed by atoms with Crippen molar-refractivity contribution in [3.05, 3.63) is 58.7 Å². The van der Waals surface area contributed by atoms with Gasteiger partial charge in [-0.3, -0.25) is 4.79 Å². The van der Waals surface area contributed by atoms with Crippen molar-refractivity contribution < 1.29 is 9.53 Å². The molecule has 0 fully saturated rings. The molecule has 3 heteroatoms. The van der Waals surface area contributed by atoms with Crippen molar-refractivity contribution in [3.8, 4) is 5.75 Å². The van der Waals surface area contributed by atoms with Crippen LogP contribution in [0.25, 0.3) is 0 Å². The number of rotatable bonds is 1. The first-order valence-corrected chi connectivity index (χ1v) is 7.50. The highest BCUT2D eigenvalue weighted by atomic mass is 16.5. The summed E-state index contributed by atoms with van der Waals surface area (Å²) in [4.78, 5) is 11.0. The summed E-state index contributed by atoms with van der Waals surface area (Å²) in [5, 5.41) is 2.85. The maximum absolute atomic E-state index is 11.0. The van der Waals surface area contributed by atoms with Gasteiger partial charge in [-0.2, -0.15) is 0 Å². The first-order valence-electron chi connectivity index (χ1n) is 7.50. The molecule has 0 unspecified atom stereocenters. The second kappa shape index (κ2) is 9.76. The van der Waals surface area contributed by atoms with Crippen LogP contribution in [-0.4, -0.2) is 13.0 Å². The van der Waals surface area contributed by atoms with E-state index in [9.17, 15) is 4.79 Å². The van der Waals surface area contributed by atoms with Crippen LogP contribution in [0.5, 0.6) is 5.75 Å². The van der Waals surface area contributed by atoms with Crippen LogP contribution < -0.4 is 10.1 Å². The Morgan fingerprint density at radius 1 is 0.917 bits per heavy atom. The third-order valence-electron chi connectivity index (χ3n) is 3.72. The second-order valence-corrected chi connectivity index (χ2v) is 5.68. The van der Waals surface area contributed by atoms with E-state index >= 15 is 0 Å². The van der Waals surface area contributed by atoms with E-state index in [2.05, 4.69) is 37.4 Å². The summed E-state index contributed by atoms with van der Waals surface area (Å²) in [5.74, 6) is 1.10. The molecule has 0 radical (unpaired) electrons. The first-order chi connectivity index (χ1) is 10.5. The summed E-state index contributed by atoms with van der Waals surface area (Å²) < 4.78 is 5.13. The zero-order chi connectivity index (χ0) is 16.1. The monoisotopic (exact) mass is 329 g/mol. The minimum atomic E-state index is 0. The minimum Gasteiger partial charge on any atom is -0.496 e. The van der Waals surface area contributed by atoms with Crippen LogP contribution in [0.3, 0.4) is 0 Å². The van der Waals surface area contributed by atoms with E-state index in [1.165, 1.54) is 22.3 Å². The van der Waals surface area contributed by atoms with Crippen LogP contribution in [-0.2, 0) is 11.2 Å². The summed E-state index contributed by atoms with van der Waals surface area (Å²) in [6, 6.07) is 12.3. The predicted molar refractivity (Wildman–Crippen MR) is 104 cm³/mol. The SMILES string of the molecule is C.C.COc1cc(C)ccc1C.Cc1ccc2c(c1)CCC(=O)N2. The number of methoxy groups -OCH3 is 1. The van der Waals surface area contributed by atoms with E-state index in [4.69, 9.17) is 4.74 Å². The summed E-state index contributed by atoms with van der Waals surface area (Å²) in [6.07, 6.45) is 1.50. The smallest absolute Gasteiger partial charge is 0.224 e. The lowest BCUT2D eigenvalue weighted by Crippen LogP contribution is -2.18. The van der Waals surface area contributed by atoms with Crippen LogP contribution in [0.4, 0.5) is 5.69 Å². The summed E-state index contributed by atoms with van der Waals surface area (Å²) in [6.45, 7) is 6.16. The lowest BCUT2D eigenvalue weighted by Gasteiger charge is -2.16. The molecule has 24 heavy (non-hydrogen) atoms. The number of fused-ring (bicyclic) bond motifs is 1. The lowest BCUT2D eigenvalue weighted by atomic mass is 10.0. The number of ether oxygens (including phenoxy) is 1. The van der Waals surface area contributed by atoms with Gasteiger partial charge in [-0.1, -0.05) is 44.7 Å². The Labute approximate surface area is 147 Å². The van der Waals surface area contributed by atoms with Crippen molar-refractivity contribution >= 4 is 11.6 Å². The second-order valence-electron chi connectivity index (χ2n) is 5.68. The van der Waals surface area contributed by atoms with Gasteiger partial charge in [0.25, 0.3) is 0 Å². The highest BCUT2D eigenvalue weighted by Gasteiger charge is 2.13. The molecule has 1 aliphatic heterocycles. The number of carbonyl (C=O) groups excluding carboxylic acids is 1. The lowest BCUT2D eigenvalue weighted by molar-refractivity contribution is -0.116. The van der Waals surface area contributed by atoms with Crippen LogP contribution in [0, 0.1) is 20.8 Å². The standard InChI is InChI=1S/C10H11NO.C9H12O.2CH4/c1-7-2-4-9-8(6-7)3-5-10(12)11-9;1-7-4-5-8(2)9(6-7)10-3;;/h2,4,6H,3,5H2,1H3,(H,11,12);4-6H,1-3H3;2*1H4. The Balaban J connectivity index is 0.000000413. The van der Waals surface area contributed by atoms with E-state index in [0.29, 0.717) is 6.42 Å². The fourth-order valence-electron chi connectivity index (χ4n) is 2.44. The molecule has 0 aromatic heterocycles. The molecule has 1 amide bonds. The van der Waals surface area contributed by atoms with Crippen molar-refractivity contribution in [1.29, 1.82) is 0 Å². The van der Waals surface area contributed by atoms with Gasteiger partial charge in [0.05, 0.1) is 7.11 Å². The fraction of sp³-hybridized carbons (Fsp3) is 0.381. The molecule has 3 rings (SSSR count). The Morgan fingerprint density at radius 3 is 2.17 bits per heavy atom. The first kappa shape index (κ1) is 21.7. The van der Waals surface area contributed by atoms with Crippen molar-refractivity contribution in [2.75, 3.05) is 12.4 Å². The van der Waals surface area contributed by atoms with Crippen LogP contribution in [0.15, 0.2) is 36.4 Å². The zero-order valence-corrected chi connectivity index (χ0v) is 13.7. The van der Waals surface area contributed by atoms with Crippen molar-refractivity contribution in [2.24, 2.45) is 0 Å². The van der Waals surface area contributed by atoms with Gasteiger partial charge in [0.1, 0.15) is 5.75 Å². The number of hydrogen-bond acceptors (Lipinski definition) is 2. The van der Waals surface area contributed by atoms with Crippen molar-refractivity contribution in [3.63, 3.8) is 0 Å². The van der Waals surface area contributed by atoms with E-state index in [1.54, 1.807) is 7.11 Å². The minimum absolute atomic E-state index is 0. The van der Waals surface area contributed by atoms with Crippen molar-refractivity contribution in [2.45, 2.75) is 48.5 Å². The van der Waals surface area contributed by atoms with Gasteiger partial charge < -0.3 is 10.1 Å². The number of anilines is 1. The van der Waals surface area contributed by atoms with E-state index in [-0.39, 0.29) is 20.8 Å². The normalized spacial score (nSPS) is 11.6. The molecule has 0 saturated carbocycles. The average Bonchev–Trinajstić information content (AvgIpc) is 2.50. The molecule has 0 bridgehead atoms. The molecule has 0 atom stereocenters. The molecule has 0 aliphatic carbocycles. The largest absolute Gasteiger partial charge is 0.496 e. The Kier molecular flexibility index (Phi) is 8.83. The van der Waals surface area contributed by atoms with Gasteiger partial charge in [-0.05, 0) is 56.0 Å². The Bertz CT molecular complexity index is 678. The molecule has 3 nitrogen and oxygen atoms in total. The molecular weight excluding hydrogens is 298 g/mol. The highest BCUT2D eigenvalue weighted by Crippen LogP contribution is 2.22. The zero-order valence-electron chi connectivity index (χ0n) is 13.7. The van der Waals surface area contributed by atoms with Gasteiger partial charge in [0.15, 0.2) is 0 Å². The Hall–Kier alpha value is -2.29. The Morgan fingerprint density at radius 2 is 1.54 bits per heavy atom. The fourth-order valence-corrected chi connectivity index (χ4v) is 2.44. The van der Waals surface area contributed by atoms with Gasteiger partial charge in [0, 0.05) is 12.1 Å².